The lowest BCUT2D eigenvalue weighted by Gasteiger charge is -2.06. The number of benzene rings is 1. The molecule has 6 nitrogen and oxygen atoms in total. The molecular formula is C17H13N5OS2. The summed E-state index contributed by atoms with van der Waals surface area (Å²) >= 11 is 3.40. The van der Waals surface area contributed by atoms with E-state index in [1.807, 2.05) is 42.6 Å². The average molecular weight is 367 g/mol. The summed E-state index contributed by atoms with van der Waals surface area (Å²) in [5, 5.41) is 10.7. The summed E-state index contributed by atoms with van der Waals surface area (Å²) in [6.07, 6.45) is 3.58. The Kier molecular flexibility index (Phi) is 3.71. The van der Waals surface area contributed by atoms with E-state index >= 15 is 0 Å². The Morgan fingerprint density at radius 2 is 2.16 bits per heavy atom. The van der Waals surface area contributed by atoms with Crippen LogP contribution in [0.2, 0.25) is 0 Å². The standard InChI is InChI=1S/C17H13N5OS2/c1-2-6-14-13(5-1)19-17(23-14)24-10-12-9-22-15(20-21-16(22)25-12)11-4-3-7-18-8-11/h1-8,12H,9-10H2. The highest BCUT2D eigenvalue weighted by atomic mass is 32.2. The molecule has 1 aliphatic heterocycles. The highest BCUT2D eigenvalue weighted by Crippen LogP contribution is 2.37. The molecule has 0 aliphatic carbocycles. The van der Waals surface area contributed by atoms with Gasteiger partial charge >= 0.3 is 0 Å². The number of rotatable bonds is 4. The number of aromatic nitrogens is 5. The molecule has 0 saturated carbocycles. The van der Waals surface area contributed by atoms with Crippen molar-refractivity contribution in [2.24, 2.45) is 0 Å². The molecule has 3 aromatic heterocycles. The van der Waals surface area contributed by atoms with Gasteiger partial charge in [0.2, 0.25) is 0 Å². The first-order valence-electron chi connectivity index (χ1n) is 7.85. The van der Waals surface area contributed by atoms with Crippen LogP contribution in [0.1, 0.15) is 0 Å². The molecular weight excluding hydrogens is 354 g/mol. The number of para-hydroxylation sites is 2. The summed E-state index contributed by atoms with van der Waals surface area (Å²) in [7, 11) is 0. The van der Waals surface area contributed by atoms with Gasteiger partial charge in [-0.2, -0.15) is 0 Å². The fraction of sp³-hybridized carbons (Fsp3) is 0.176. The summed E-state index contributed by atoms with van der Waals surface area (Å²) < 4.78 is 7.94. The molecule has 1 atom stereocenters. The van der Waals surface area contributed by atoms with Gasteiger partial charge in [0.05, 0.1) is 0 Å². The molecule has 0 amide bonds. The normalized spacial score (nSPS) is 16.4. The van der Waals surface area contributed by atoms with Gasteiger partial charge in [-0.25, -0.2) is 4.98 Å². The van der Waals surface area contributed by atoms with Crippen LogP contribution in [0.4, 0.5) is 0 Å². The third kappa shape index (κ3) is 2.81. The van der Waals surface area contributed by atoms with Crippen LogP contribution in [0.3, 0.4) is 0 Å². The Morgan fingerprint density at radius 3 is 3.04 bits per heavy atom. The lowest BCUT2D eigenvalue weighted by molar-refractivity contribution is 0.489. The Labute approximate surface area is 152 Å². The first kappa shape index (κ1) is 15.0. The maximum absolute atomic E-state index is 5.78. The van der Waals surface area contributed by atoms with Gasteiger partial charge in [0.1, 0.15) is 5.52 Å². The quantitative estimate of drug-likeness (QED) is 0.509. The number of oxazole rings is 1. The van der Waals surface area contributed by atoms with E-state index in [0.717, 1.165) is 45.2 Å². The molecule has 4 heterocycles. The molecule has 0 fully saturated rings. The van der Waals surface area contributed by atoms with Gasteiger partial charge < -0.3 is 8.98 Å². The van der Waals surface area contributed by atoms with Crippen LogP contribution in [-0.4, -0.2) is 35.7 Å². The van der Waals surface area contributed by atoms with Gasteiger partial charge in [-0.3, -0.25) is 4.98 Å². The second kappa shape index (κ2) is 6.20. The second-order valence-electron chi connectivity index (χ2n) is 5.66. The minimum atomic E-state index is 0.418. The SMILES string of the molecule is c1cncc(-c2nnc3n2CC(CSc2nc4ccccc4o2)S3)c1. The number of hydrogen-bond acceptors (Lipinski definition) is 7. The maximum Gasteiger partial charge on any atom is 0.256 e. The average Bonchev–Trinajstić information content (AvgIpc) is 3.33. The van der Waals surface area contributed by atoms with E-state index in [0.29, 0.717) is 5.25 Å². The van der Waals surface area contributed by atoms with Gasteiger partial charge in [0.15, 0.2) is 16.6 Å². The second-order valence-corrected chi connectivity index (χ2v) is 7.90. The van der Waals surface area contributed by atoms with Crippen molar-refractivity contribution in [3.05, 3.63) is 48.8 Å². The van der Waals surface area contributed by atoms with Gasteiger partial charge in [-0.1, -0.05) is 35.7 Å². The van der Waals surface area contributed by atoms with Gasteiger partial charge in [-0.15, -0.1) is 10.2 Å². The van der Waals surface area contributed by atoms with Crippen LogP contribution < -0.4 is 0 Å². The number of fused-ring (bicyclic) bond motifs is 2. The van der Waals surface area contributed by atoms with Crippen LogP contribution in [0.15, 0.2) is 63.6 Å². The first-order valence-corrected chi connectivity index (χ1v) is 9.72. The van der Waals surface area contributed by atoms with Crippen molar-refractivity contribution in [1.82, 2.24) is 24.7 Å². The van der Waals surface area contributed by atoms with Crippen molar-refractivity contribution >= 4 is 34.6 Å². The largest absolute Gasteiger partial charge is 0.431 e. The Morgan fingerprint density at radius 1 is 1.20 bits per heavy atom. The molecule has 8 heteroatoms. The monoisotopic (exact) mass is 367 g/mol. The molecule has 25 heavy (non-hydrogen) atoms. The number of pyridine rings is 1. The van der Waals surface area contributed by atoms with E-state index < -0.39 is 0 Å². The summed E-state index contributed by atoms with van der Waals surface area (Å²) in [6.45, 7) is 0.879. The fourth-order valence-corrected chi connectivity index (χ4v) is 4.92. The molecule has 4 aromatic rings. The number of hydrogen-bond donors (Lipinski definition) is 0. The summed E-state index contributed by atoms with van der Waals surface area (Å²) in [4.78, 5) is 8.69. The zero-order chi connectivity index (χ0) is 16.6. The first-order chi connectivity index (χ1) is 12.4. The highest BCUT2D eigenvalue weighted by Gasteiger charge is 2.28. The van der Waals surface area contributed by atoms with Crippen molar-refractivity contribution in [2.75, 3.05) is 5.75 Å². The zero-order valence-corrected chi connectivity index (χ0v) is 14.7. The Hall–Kier alpha value is -2.32. The summed E-state index contributed by atoms with van der Waals surface area (Å²) in [5.74, 6) is 1.79. The fourth-order valence-electron chi connectivity index (χ4n) is 2.80. The van der Waals surface area contributed by atoms with Crippen LogP contribution in [-0.2, 0) is 6.54 Å². The molecule has 1 aliphatic rings. The zero-order valence-electron chi connectivity index (χ0n) is 13.1. The predicted molar refractivity (Wildman–Crippen MR) is 97.6 cm³/mol. The van der Waals surface area contributed by atoms with Crippen LogP contribution >= 0.6 is 23.5 Å². The lowest BCUT2D eigenvalue weighted by atomic mass is 10.2. The number of thioether (sulfide) groups is 2. The topological polar surface area (TPSA) is 69.6 Å². The third-order valence-electron chi connectivity index (χ3n) is 3.96. The third-order valence-corrected chi connectivity index (χ3v) is 6.33. The van der Waals surface area contributed by atoms with Crippen molar-refractivity contribution in [2.45, 2.75) is 22.2 Å². The summed E-state index contributed by atoms with van der Waals surface area (Å²) in [5.41, 5.74) is 2.73. The minimum absolute atomic E-state index is 0.418. The molecule has 0 N–H and O–H groups in total. The molecule has 124 valence electrons. The van der Waals surface area contributed by atoms with Crippen molar-refractivity contribution in [1.29, 1.82) is 0 Å². The van der Waals surface area contributed by atoms with Crippen molar-refractivity contribution in [3.63, 3.8) is 0 Å². The maximum atomic E-state index is 5.78. The van der Waals surface area contributed by atoms with E-state index in [4.69, 9.17) is 4.42 Å². The molecule has 1 unspecified atom stereocenters. The van der Waals surface area contributed by atoms with Gasteiger partial charge in [0.25, 0.3) is 5.22 Å². The molecule has 5 rings (SSSR count). The van der Waals surface area contributed by atoms with E-state index in [1.165, 1.54) is 0 Å². The van der Waals surface area contributed by atoms with E-state index in [2.05, 4.69) is 24.7 Å². The minimum Gasteiger partial charge on any atom is -0.431 e. The molecule has 1 aromatic carbocycles. The van der Waals surface area contributed by atoms with Gasteiger partial charge in [-0.05, 0) is 24.3 Å². The summed E-state index contributed by atoms with van der Waals surface area (Å²) in [6, 6.07) is 11.8. The van der Waals surface area contributed by atoms with Crippen molar-refractivity contribution < 1.29 is 4.42 Å². The molecule has 0 radical (unpaired) electrons. The molecule has 0 bridgehead atoms. The highest BCUT2D eigenvalue weighted by molar-refractivity contribution is 8.03. The van der Waals surface area contributed by atoms with Gasteiger partial charge in [0, 0.05) is 35.5 Å². The van der Waals surface area contributed by atoms with Crippen LogP contribution in [0.25, 0.3) is 22.5 Å². The lowest BCUT2D eigenvalue weighted by Crippen LogP contribution is -2.09. The number of nitrogens with zero attached hydrogens (tertiary/aromatic N) is 5. The van der Waals surface area contributed by atoms with Crippen LogP contribution in [0.5, 0.6) is 0 Å². The molecule has 0 spiro atoms. The molecule has 0 saturated heterocycles. The van der Waals surface area contributed by atoms with E-state index in [1.54, 1.807) is 29.7 Å². The Balaban J connectivity index is 1.30. The smallest absolute Gasteiger partial charge is 0.256 e. The predicted octanol–water partition coefficient (Wildman–Crippen LogP) is 3.75. The van der Waals surface area contributed by atoms with Crippen molar-refractivity contribution in [3.8, 4) is 11.4 Å². The van der Waals surface area contributed by atoms with E-state index in [-0.39, 0.29) is 0 Å². The van der Waals surface area contributed by atoms with Crippen LogP contribution in [0, 0.1) is 0 Å². The Bertz CT molecular complexity index is 997. The van der Waals surface area contributed by atoms with E-state index in [9.17, 15) is 0 Å².